The summed E-state index contributed by atoms with van der Waals surface area (Å²) in [5.74, 6) is 0. The highest BCUT2D eigenvalue weighted by Gasteiger charge is 2.36. The Morgan fingerprint density at radius 3 is 2.58 bits per heavy atom. The lowest BCUT2D eigenvalue weighted by Gasteiger charge is -2.42. The van der Waals surface area contributed by atoms with Crippen LogP contribution in [0.15, 0.2) is 0 Å². The fourth-order valence-corrected chi connectivity index (χ4v) is 3.76. The van der Waals surface area contributed by atoms with E-state index in [-0.39, 0.29) is 6.09 Å². The van der Waals surface area contributed by atoms with Crippen molar-refractivity contribution >= 4 is 17.9 Å². The largest absolute Gasteiger partial charge is 0.450 e. The fraction of sp³-hybridized carbons (Fsp3) is 0.929. The minimum absolute atomic E-state index is 0.152. The molecule has 1 N–H and O–H groups in total. The second-order valence-electron chi connectivity index (χ2n) is 5.58. The number of carbonyl (C=O) groups excluding carboxylic acids is 1. The highest BCUT2D eigenvalue weighted by molar-refractivity contribution is 8.00. The first-order valence-corrected chi connectivity index (χ1v) is 8.62. The number of likely N-dealkylation sites (tertiary alicyclic amines) is 1. The number of amides is 1. The number of rotatable bonds is 5. The molecule has 2 aliphatic rings. The van der Waals surface area contributed by atoms with Crippen molar-refractivity contribution in [3.63, 3.8) is 0 Å². The molecule has 0 spiro atoms. The van der Waals surface area contributed by atoms with Crippen molar-refractivity contribution in [1.29, 1.82) is 0 Å². The number of ether oxygens (including phenoxy) is 1. The van der Waals surface area contributed by atoms with E-state index in [1.54, 1.807) is 0 Å². The van der Waals surface area contributed by atoms with E-state index in [1.807, 2.05) is 23.6 Å². The Balaban J connectivity index is 1.67. The van der Waals surface area contributed by atoms with Crippen LogP contribution < -0.4 is 5.32 Å². The molecule has 0 unspecified atom stereocenters. The number of nitrogens with one attached hydrogen (secondary N) is 1. The molecule has 19 heavy (non-hydrogen) atoms. The molecule has 0 radical (unpaired) electrons. The average Bonchev–Trinajstić information content (AvgIpc) is 2.39. The molecule has 1 saturated heterocycles. The smallest absolute Gasteiger partial charge is 0.409 e. The minimum atomic E-state index is -0.152. The Bertz CT molecular complexity index is 294. The molecule has 0 aromatic heterocycles. The first-order chi connectivity index (χ1) is 9.19. The first kappa shape index (κ1) is 15.0. The monoisotopic (exact) mass is 286 g/mol. The standard InChI is InChI=1S/C14H26N2O2S/c1-3-18-13(17)16-9-5-12(6-10-16)15-11-14(19-2)7-4-8-14/h12,15H,3-11H2,1-2H3. The van der Waals surface area contributed by atoms with Gasteiger partial charge in [-0.3, -0.25) is 0 Å². The van der Waals surface area contributed by atoms with Gasteiger partial charge in [-0.25, -0.2) is 4.79 Å². The zero-order valence-corrected chi connectivity index (χ0v) is 12.9. The Labute approximate surface area is 120 Å². The van der Waals surface area contributed by atoms with Gasteiger partial charge in [0.15, 0.2) is 0 Å². The molecule has 0 atom stereocenters. The lowest BCUT2D eigenvalue weighted by atomic mass is 9.84. The molecule has 0 aromatic rings. The van der Waals surface area contributed by atoms with Gasteiger partial charge in [-0.1, -0.05) is 6.42 Å². The molecular formula is C14H26N2O2S. The Kier molecular flexibility index (Phi) is 5.39. The van der Waals surface area contributed by atoms with Crippen LogP contribution in [-0.2, 0) is 4.74 Å². The SMILES string of the molecule is CCOC(=O)N1CCC(NCC2(SC)CCC2)CC1. The van der Waals surface area contributed by atoms with Gasteiger partial charge in [0.05, 0.1) is 6.61 Å². The molecule has 110 valence electrons. The van der Waals surface area contributed by atoms with E-state index < -0.39 is 0 Å². The molecule has 2 rings (SSSR count). The predicted octanol–water partition coefficient (Wildman–Crippen LogP) is 2.48. The van der Waals surface area contributed by atoms with E-state index in [1.165, 1.54) is 19.3 Å². The average molecular weight is 286 g/mol. The summed E-state index contributed by atoms with van der Waals surface area (Å²) in [6.07, 6.45) is 8.24. The van der Waals surface area contributed by atoms with Gasteiger partial charge in [-0.2, -0.15) is 11.8 Å². The molecule has 1 aliphatic carbocycles. The minimum Gasteiger partial charge on any atom is -0.450 e. The van der Waals surface area contributed by atoms with Crippen LogP contribution in [0.3, 0.4) is 0 Å². The molecule has 5 heteroatoms. The van der Waals surface area contributed by atoms with Crippen LogP contribution in [0, 0.1) is 0 Å². The summed E-state index contributed by atoms with van der Waals surface area (Å²) in [6, 6.07) is 0.565. The molecule has 1 amide bonds. The third kappa shape index (κ3) is 3.78. The number of hydrogen-bond donors (Lipinski definition) is 1. The number of hydrogen-bond acceptors (Lipinski definition) is 4. The Hall–Kier alpha value is -0.420. The fourth-order valence-electron chi connectivity index (χ4n) is 2.84. The summed E-state index contributed by atoms with van der Waals surface area (Å²) in [5.41, 5.74) is 0. The van der Waals surface area contributed by atoms with Crippen LogP contribution >= 0.6 is 11.8 Å². The van der Waals surface area contributed by atoms with Crippen molar-refractivity contribution < 1.29 is 9.53 Å². The summed E-state index contributed by atoms with van der Waals surface area (Å²) < 4.78 is 5.54. The first-order valence-electron chi connectivity index (χ1n) is 7.39. The molecule has 1 saturated carbocycles. The van der Waals surface area contributed by atoms with Crippen LogP contribution in [-0.4, -0.2) is 54.3 Å². The van der Waals surface area contributed by atoms with Gasteiger partial charge in [0, 0.05) is 30.4 Å². The third-order valence-corrected chi connectivity index (χ3v) is 5.85. The van der Waals surface area contributed by atoms with E-state index >= 15 is 0 Å². The maximum Gasteiger partial charge on any atom is 0.409 e. The van der Waals surface area contributed by atoms with Gasteiger partial charge >= 0.3 is 6.09 Å². The normalized spacial score (nSPS) is 22.9. The molecule has 0 bridgehead atoms. The van der Waals surface area contributed by atoms with Crippen LogP contribution in [0.2, 0.25) is 0 Å². The van der Waals surface area contributed by atoms with Crippen molar-refractivity contribution in [2.24, 2.45) is 0 Å². The predicted molar refractivity (Wildman–Crippen MR) is 79.7 cm³/mol. The van der Waals surface area contributed by atoms with E-state index in [0.717, 1.165) is 32.5 Å². The summed E-state index contributed by atoms with van der Waals surface area (Å²) in [5, 5.41) is 3.71. The van der Waals surface area contributed by atoms with Gasteiger partial charge in [0.1, 0.15) is 0 Å². The summed E-state index contributed by atoms with van der Waals surface area (Å²) in [4.78, 5) is 13.4. The topological polar surface area (TPSA) is 41.6 Å². The van der Waals surface area contributed by atoms with Crippen molar-refractivity contribution in [2.45, 2.75) is 49.8 Å². The van der Waals surface area contributed by atoms with Crippen LogP contribution in [0.4, 0.5) is 4.79 Å². The van der Waals surface area contributed by atoms with E-state index in [2.05, 4.69) is 11.6 Å². The molecule has 1 heterocycles. The van der Waals surface area contributed by atoms with Crippen molar-refractivity contribution in [2.75, 3.05) is 32.5 Å². The van der Waals surface area contributed by atoms with Crippen molar-refractivity contribution in [1.82, 2.24) is 10.2 Å². The van der Waals surface area contributed by atoms with Gasteiger partial charge in [-0.05, 0) is 38.9 Å². The molecule has 2 fully saturated rings. The maximum atomic E-state index is 11.6. The number of thioether (sulfide) groups is 1. The Morgan fingerprint density at radius 1 is 1.42 bits per heavy atom. The summed E-state index contributed by atoms with van der Waals surface area (Å²) in [7, 11) is 0. The van der Waals surface area contributed by atoms with Crippen LogP contribution in [0.5, 0.6) is 0 Å². The third-order valence-electron chi connectivity index (χ3n) is 4.43. The summed E-state index contributed by atoms with van der Waals surface area (Å²) >= 11 is 2.01. The lowest BCUT2D eigenvalue weighted by molar-refractivity contribution is 0.0946. The van der Waals surface area contributed by atoms with Crippen LogP contribution in [0.25, 0.3) is 0 Å². The highest BCUT2D eigenvalue weighted by atomic mass is 32.2. The van der Waals surface area contributed by atoms with Crippen LogP contribution in [0.1, 0.15) is 39.0 Å². The molecule has 0 aromatic carbocycles. The second kappa shape index (κ2) is 6.84. The highest BCUT2D eigenvalue weighted by Crippen LogP contribution is 2.42. The van der Waals surface area contributed by atoms with Gasteiger partial charge in [-0.15, -0.1) is 0 Å². The van der Waals surface area contributed by atoms with E-state index in [0.29, 0.717) is 17.4 Å². The maximum absolute atomic E-state index is 11.6. The van der Waals surface area contributed by atoms with Crippen molar-refractivity contribution in [3.05, 3.63) is 0 Å². The van der Waals surface area contributed by atoms with Crippen molar-refractivity contribution in [3.8, 4) is 0 Å². The number of carbonyl (C=O) groups is 1. The molecular weight excluding hydrogens is 260 g/mol. The van der Waals surface area contributed by atoms with Gasteiger partial charge in [0.25, 0.3) is 0 Å². The zero-order valence-electron chi connectivity index (χ0n) is 12.1. The summed E-state index contributed by atoms with van der Waals surface area (Å²) in [6.45, 7) is 5.09. The number of piperidine rings is 1. The Morgan fingerprint density at radius 2 is 2.11 bits per heavy atom. The van der Waals surface area contributed by atoms with Gasteiger partial charge in [0.2, 0.25) is 0 Å². The quantitative estimate of drug-likeness (QED) is 0.843. The van der Waals surface area contributed by atoms with Gasteiger partial charge < -0.3 is 15.0 Å². The number of nitrogens with zero attached hydrogens (tertiary/aromatic N) is 1. The van der Waals surface area contributed by atoms with E-state index in [9.17, 15) is 4.79 Å². The van der Waals surface area contributed by atoms with E-state index in [4.69, 9.17) is 4.74 Å². The molecule has 1 aliphatic heterocycles. The second-order valence-corrected chi connectivity index (χ2v) is 6.86. The zero-order chi connectivity index (χ0) is 13.7. The molecule has 4 nitrogen and oxygen atoms in total. The lowest BCUT2D eigenvalue weighted by Crippen LogP contribution is -2.50.